The minimum Gasteiger partial charge on any atom is -0.478 e. The van der Waals surface area contributed by atoms with E-state index < -0.39 is 29.7 Å². The standard InChI is InChI=1S/C12H17FN2O4/c13-8(9(16)17)15-10(18)12(14-11(15)19)6-4-2-1-3-5-7-12/h8H,1-7H2,(H,14,19)(H,16,17). The van der Waals surface area contributed by atoms with Gasteiger partial charge in [-0.05, 0) is 12.8 Å². The maximum atomic E-state index is 13.5. The van der Waals surface area contributed by atoms with Crippen LogP contribution < -0.4 is 5.32 Å². The molecule has 1 aliphatic carbocycles. The lowest BCUT2D eigenvalue weighted by Gasteiger charge is -2.28. The topological polar surface area (TPSA) is 86.7 Å². The SMILES string of the molecule is O=C(O)C(F)N1C(=O)NC2(CCCCCCC2)C1=O. The van der Waals surface area contributed by atoms with Crippen LogP contribution in [0.1, 0.15) is 44.9 Å². The number of hydrogen-bond acceptors (Lipinski definition) is 3. The molecule has 19 heavy (non-hydrogen) atoms. The van der Waals surface area contributed by atoms with Crippen LogP contribution in [0.25, 0.3) is 0 Å². The van der Waals surface area contributed by atoms with E-state index in [0.717, 1.165) is 32.1 Å². The third-order valence-electron chi connectivity index (χ3n) is 3.83. The van der Waals surface area contributed by atoms with Gasteiger partial charge in [0.15, 0.2) is 0 Å². The van der Waals surface area contributed by atoms with Crippen molar-refractivity contribution in [1.29, 1.82) is 0 Å². The van der Waals surface area contributed by atoms with Gasteiger partial charge in [-0.2, -0.15) is 0 Å². The first-order chi connectivity index (χ1) is 8.98. The number of carboxylic acid groups (broad SMARTS) is 1. The Hall–Kier alpha value is -1.66. The number of nitrogens with zero attached hydrogens (tertiary/aromatic N) is 1. The van der Waals surface area contributed by atoms with E-state index in [0.29, 0.717) is 12.8 Å². The Morgan fingerprint density at radius 1 is 1.21 bits per heavy atom. The van der Waals surface area contributed by atoms with Crippen molar-refractivity contribution in [2.75, 3.05) is 0 Å². The molecule has 1 atom stereocenters. The van der Waals surface area contributed by atoms with Crippen molar-refractivity contribution < 1.29 is 23.9 Å². The number of aliphatic carboxylic acids is 1. The summed E-state index contributed by atoms with van der Waals surface area (Å²) >= 11 is 0. The van der Waals surface area contributed by atoms with Gasteiger partial charge in [0.25, 0.3) is 12.2 Å². The van der Waals surface area contributed by atoms with Gasteiger partial charge in [0, 0.05) is 0 Å². The summed E-state index contributed by atoms with van der Waals surface area (Å²) < 4.78 is 13.5. The van der Waals surface area contributed by atoms with Crippen molar-refractivity contribution in [3.8, 4) is 0 Å². The fraction of sp³-hybridized carbons (Fsp3) is 0.750. The summed E-state index contributed by atoms with van der Waals surface area (Å²) in [5, 5.41) is 11.1. The first kappa shape index (κ1) is 13.8. The molecule has 2 fully saturated rings. The average molecular weight is 272 g/mol. The molecule has 1 heterocycles. The predicted octanol–water partition coefficient (Wildman–Crippen LogP) is 1.40. The largest absolute Gasteiger partial charge is 0.478 e. The molecule has 1 saturated carbocycles. The molecule has 2 aliphatic rings. The second-order valence-corrected chi connectivity index (χ2v) is 5.13. The minimum atomic E-state index is -2.61. The van der Waals surface area contributed by atoms with Crippen molar-refractivity contribution in [2.24, 2.45) is 0 Å². The van der Waals surface area contributed by atoms with E-state index in [1.54, 1.807) is 0 Å². The van der Waals surface area contributed by atoms with E-state index >= 15 is 0 Å². The molecule has 2 N–H and O–H groups in total. The summed E-state index contributed by atoms with van der Waals surface area (Å²) in [4.78, 5) is 34.8. The van der Waals surface area contributed by atoms with E-state index in [4.69, 9.17) is 5.11 Å². The van der Waals surface area contributed by atoms with Crippen molar-refractivity contribution in [1.82, 2.24) is 10.2 Å². The number of carbonyl (C=O) groups is 3. The smallest absolute Gasteiger partial charge is 0.360 e. The maximum absolute atomic E-state index is 13.5. The fourth-order valence-electron chi connectivity index (χ4n) is 2.81. The third kappa shape index (κ3) is 2.41. The Bertz CT molecular complexity index is 405. The lowest BCUT2D eigenvalue weighted by Crippen LogP contribution is -2.48. The molecule has 0 radical (unpaired) electrons. The number of rotatable bonds is 2. The lowest BCUT2D eigenvalue weighted by atomic mass is 9.84. The van der Waals surface area contributed by atoms with Crippen LogP contribution in [0.5, 0.6) is 0 Å². The van der Waals surface area contributed by atoms with Crippen LogP contribution in [0.2, 0.25) is 0 Å². The normalized spacial score (nSPS) is 24.8. The lowest BCUT2D eigenvalue weighted by molar-refractivity contribution is -0.154. The van der Waals surface area contributed by atoms with Gasteiger partial charge in [-0.15, -0.1) is 0 Å². The van der Waals surface area contributed by atoms with Crippen LogP contribution in [0.3, 0.4) is 0 Å². The van der Waals surface area contributed by atoms with Gasteiger partial charge in [0.05, 0.1) is 0 Å². The van der Waals surface area contributed by atoms with E-state index in [2.05, 4.69) is 5.32 Å². The Balaban J connectivity index is 2.22. The van der Waals surface area contributed by atoms with Crippen molar-refractivity contribution in [3.63, 3.8) is 0 Å². The highest BCUT2D eigenvalue weighted by Crippen LogP contribution is 2.33. The monoisotopic (exact) mass is 272 g/mol. The number of halogens is 1. The number of carbonyl (C=O) groups excluding carboxylic acids is 2. The van der Waals surface area contributed by atoms with Crippen LogP contribution >= 0.6 is 0 Å². The van der Waals surface area contributed by atoms with Crippen LogP contribution in [-0.4, -0.2) is 39.7 Å². The van der Waals surface area contributed by atoms with Gasteiger partial charge >= 0.3 is 12.0 Å². The Kier molecular flexibility index (Phi) is 3.73. The highest BCUT2D eigenvalue weighted by atomic mass is 19.1. The van der Waals surface area contributed by atoms with Crippen molar-refractivity contribution in [3.05, 3.63) is 0 Å². The second kappa shape index (κ2) is 5.14. The zero-order chi connectivity index (χ0) is 14.0. The summed E-state index contributed by atoms with van der Waals surface area (Å²) in [6.45, 7) is 0. The molecule has 1 saturated heterocycles. The fourth-order valence-corrected chi connectivity index (χ4v) is 2.81. The Morgan fingerprint density at radius 3 is 2.26 bits per heavy atom. The maximum Gasteiger partial charge on any atom is 0.360 e. The summed E-state index contributed by atoms with van der Waals surface area (Å²) in [5.41, 5.74) is -1.10. The van der Waals surface area contributed by atoms with Gasteiger partial charge in [-0.25, -0.2) is 18.9 Å². The zero-order valence-corrected chi connectivity index (χ0v) is 10.5. The zero-order valence-electron chi connectivity index (χ0n) is 10.5. The second-order valence-electron chi connectivity index (χ2n) is 5.13. The molecule has 7 heteroatoms. The number of urea groups is 1. The van der Waals surface area contributed by atoms with Crippen LogP contribution in [-0.2, 0) is 9.59 Å². The molecule has 106 valence electrons. The Labute approximate surface area is 109 Å². The van der Waals surface area contributed by atoms with Crippen LogP contribution in [0.15, 0.2) is 0 Å². The highest BCUT2D eigenvalue weighted by Gasteiger charge is 2.54. The number of alkyl halides is 1. The van der Waals surface area contributed by atoms with E-state index in [9.17, 15) is 18.8 Å². The summed E-state index contributed by atoms with van der Waals surface area (Å²) in [5.74, 6) is -2.57. The molecule has 1 spiro atoms. The van der Waals surface area contributed by atoms with Crippen LogP contribution in [0.4, 0.5) is 9.18 Å². The van der Waals surface area contributed by atoms with Gasteiger partial charge in [0.1, 0.15) is 5.54 Å². The van der Waals surface area contributed by atoms with Gasteiger partial charge in [-0.3, -0.25) is 4.79 Å². The number of hydrogen-bond donors (Lipinski definition) is 2. The molecular weight excluding hydrogens is 255 g/mol. The molecule has 6 nitrogen and oxygen atoms in total. The summed E-state index contributed by atoms with van der Waals surface area (Å²) in [6.07, 6.45) is 2.82. The first-order valence-corrected chi connectivity index (χ1v) is 6.51. The molecule has 2 rings (SSSR count). The number of imide groups is 1. The number of carboxylic acids is 1. The molecule has 0 aromatic rings. The van der Waals surface area contributed by atoms with Crippen molar-refractivity contribution >= 4 is 17.9 Å². The minimum absolute atomic E-state index is 0.198. The summed E-state index contributed by atoms with van der Waals surface area (Å²) in [6, 6.07) is -0.944. The van der Waals surface area contributed by atoms with E-state index in [1.807, 2.05) is 0 Å². The first-order valence-electron chi connectivity index (χ1n) is 6.51. The predicted molar refractivity (Wildman–Crippen MR) is 63.0 cm³/mol. The Morgan fingerprint density at radius 2 is 1.74 bits per heavy atom. The van der Waals surface area contributed by atoms with Crippen molar-refractivity contribution in [2.45, 2.75) is 56.8 Å². The van der Waals surface area contributed by atoms with Crippen LogP contribution in [0, 0.1) is 0 Å². The molecule has 0 bridgehead atoms. The quantitative estimate of drug-likeness (QED) is 0.587. The molecule has 1 aliphatic heterocycles. The van der Waals surface area contributed by atoms with Gasteiger partial charge in [-0.1, -0.05) is 32.1 Å². The van der Waals surface area contributed by atoms with Gasteiger partial charge in [0.2, 0.25) is 0 Å². The number of amides is 3. The molecule has 1 unspecified atom stereocenters. The highest BCUT2D eigenvalue weighted by molar-refractivity contribution is 6.09. The van der Waals surface area contributed by atoms with Gasteiger partial charge < -0.3 is 10.4 Å². The van der Waals surface area contributed by atoms with E-state index in [-0.39, 0.29) is 4.90 Å². The summed E-state index contributed by atoms with van der Waals surface area (Å²) in [7, 11) is 0. The molecular formula is C12H17FN2O4. The molecule has 0 aromatic carbocycles. The molecule has 0 aromatic heterocycles. The number of nitrogens with one attached hydrogen (secondary N) is 1. The van der Waals surface area contributed by atoms with E-state index in [1.165, 1.54) is 0 Å². The molecule has 3 amide bonds. The third-order valence-corrected chi connectivity index (χ3v) is 3.83. The average Bonchev–Trinajstić information content (AvgIpc) is 2.56.